The van der Waals surface area contributed by atoms with Gasteiger partial charge >= 0.3 is 6.09 Å². The first-order valence-electron chi connectivity index (χ1n) is 5.57. The molecule has 0 bridgehead atoms. The van der Waals surface area contributed by atoms with Crippen molar-refractivity contribution in [3.05, 3.63) is 29.8 Å². The Bertz CT molecular complexity index is 359. The van der Waals surface area contributed by atoms with E-state index in [2.05, 4.69) is 0 Å². The van der Waals surface area contributed by atoms with Gasteiger partial charge in [0.15, 0.2) is 0 Å². The van der Waals surface area contributed by atoms with Crippen molar-refractivity contribution in [2.24, 2.45) is 0 Å². The molecule has 0 aliphatic rings. The summed E-state index contributed by atoms with van der Waals surface area (Å²) in [6.07, 6.45) is -0.406. The summed E-state index contributed by atoms with van der Waals surface area (Å²) in [6.45, 7) is 4.19. The van der Waals surface area contributed by atoms with Crippen molar-refractivity contribution in [2.45, 2.75) is 26.5 Å². The highest BCUT2D eigenvalue weighted by atomic mass is 16.6. The van der Waals surface area contributed by atoms with Gasteiger partial charge in [-0.2, -0.15) is 0 Å². The van der Waals surface area contributed by atoms with Crippen molar-refractivity contribution in [1.82, 2.24) is 4.90 Å². The lowest BCUT2D eigenvalue weighted by Crippen LogP contribution is -2.28. The summed E-state index contributed by atoms with van der Waals surface area (Å²) in [4.78, 5) is 13.1. The second-order valence-corrected chi connectivity index (χ2v) is 4.14. The molecular weight excluding hydrogens is 218 g/mol. The molecule has 17 heavy (non-hydrogen) atoms. The highest BCUT2D eigenvalue weighted by Crippen LogP contribution is 2.13. The van der Waals surface area contributed by atoms with Crippen molar-refractivity contribution >= 4 is 6.09 Å². The van der Waals surface area contributed by atoms with E-state index in [-0.39, 0.29) is 12.2 Å². The number of rotatable bonds is 4. The molecule has 1 amide bonds. The van der Waals surface area contributed by atoms with E-state index >= 15 is 0 Å². The lowest BCUT2D eigenvalue weighted by atomic mass is 10.2. The lowest BCUT2D eigenvalue weighted by Gasteiger charge is -2.18. The lowest BCUT2D eigenvalue weighted by molar-refractivity contribution is 0.0822. The van der Waals surface area contributed by atoms with Crippen molar-refractivity contribution in [2.75, 3.05) is 14.2 Å². The van der Waals surface area contributed by atoms with Crippen LogP contribution in [0.4, 0.5) is 4.79 Å². The van der Waals surface area contributed by atoms with Crippen LogP contribution in [0.1, 0.15) is 19.4 Å². The molecule has 0 atom stereocenters. The average molecular weight is 237 g/mol. The van der Waals surface area contributed by atoms with E-state index in [4.69, 9.17) is 9.47 Å². The number of benzene rings is 1. The number of methoxy groups -OCH3 is 1. The van der Waals surface area contributed by atoms with E-state index < -0.39 is 0 Å². The molecule has 0 radical (unpaired) electrons. The van der Waals surface area contributed by atoms with Crippen molar-refractivity contribution in [3.8, 4) is 5.75 Å². The van der Waals surface area contributed by atoms with Gasteiger partial charge in [0.05, 0.1) is 13.2 Å². The van der Waals surface area contributed by atoms with Crippen LogP contribution in [-0.4, -0.2) is 31.3 Å². The molecule has 0 heterocycles. The molecule has 94 valence electrons. The zero-order valence-electron chi connectivity index (χ0n) is 10.8. The smallest absolute Gasteiger partial charge is 0.410 e. The van der Waals surface area contributed by atoms with Crippen LogP contribution in [0.25, 0.3) is 0 Å². The third kappa shape index (κ3) is 4.34. The zero-order chi connectivity index (χ0) is 12.8. The maximum Gasteiger partial charge on any atom is 0.410 e. The van der Waals surface area contributed by atoms with Crippen molar-refractivity contribution in [3.63, 3.8) is 0 Å². The number of carbonyl (C=O) groups is 1. The first-order valence-corrected chi connectivity index (χ1v) is 5.57. The summed E-state index contributed by atoms with van der Waals surface area (Å²) in [5.41, 5.74) is 1.04. The van der Waals surface area contributed by atoms with E-state index in [1.807, 2.05) is 38.1 Å². The van der Waals surface area contributed by atoms with E-state index in [0.717, 1.165) is 11.3 Å². The molecule has 0 N–H and O–H groups in total. The number of ether oxygens (including phenoxy) is 2. The molecule has 0 saturated carbocycles. The van der Waals surface area contributed by atoms with Gasteiger partial charge in [-0.3, -0.25) is 0 Å². The molecular formula is C13H19NO3. The molecule has 0 aromatic heterocycles. The Kier molecular flexibility index (Phi) is 4.82. The minimum Gasteiger partial charge on any atom is -0.497 e. The Morgan fingerprint density at radius 2 is 1.88 bits per heavy atom. The van der Waals surface area contributed by atoms with E-state index in [9.17, 15) is 4.79 Å². The van der Waals surface area contributed by atoms with Gasteiger partial charge in [-0.25, -0.2) is 4.79 Å². The van der Waals surface area contributed by atoms with Crippen LogP contribution in [0.15, 0.2) is 24.3 Å². The van der Waals surface area contributed by atoms with Gasteiger partial charge < -0.3 is 14.4 Å². The van der Waals surface area contributed by atoms with Crippen LogP contribution < -0.4 is 4.74 Å². The Balaban J connectivity index is 2.55. The summed E-state index contributed by atoms with van der Waals surface area (Å²) >= 11 is 0. The molecule has 1 rings (SSSR count). The second kappa shape index (κ2) is 6.13. The van der Waals surface area contributed by atoms with Gasteiger partial charge in [-0.05, 0) is 31.5 Å². The predicted molar refractivity (Wildman–Crippen MR) is 66.1 cm³/mol. The summed E-state index contributed by atoms with van der Waals surface area (Å²) in [5, 5.41) is 0. The third-order valence-electron chi connectivity index (χ3n) is 2.23. The molecule has 0 aliphatic heterocycles. The number of amides is 1. The van der Waals surface area contributed by atoms with Gasteiger partial charge in [-0.15, -0.1) is 0 Å². The van der Waals surface area contributed by atoms with Gasteiger partial charge in [0, 0.05) is 13.6 Å². The molecule has 4 nitrogen and oxygen atoms in total. The van der Waals surface area contributed by atoms with Gasteiger partial charge in [0.1, 0.15) is 5.75 Å². The number of hydrogen-bond donors (Lipinski definition) is 0. The standard InChI is InChI=1S/C13H19NO3/c1-10(2)17-13(15)14(3)9-11-5-7-12(16-4)8-6-11/h5-8,10H,9H2,1-4H3. The Morgan fingerprint density at radius 1 is 1.29 bits per heavy atom. The quantitative estimate of drug-likeness (QED) is 0.808. The molecule has 1 aromatic rings. The highest BCUT2D eigenvalue weighted by molar-refractivity contribution is 5.67. The van der Waals surface area contributed by atoms with Crippen LogP contribution in [0, 0.1) is 0 Å². The summed E-state index contributed by atoms with van der Waals surface area (Å²) in [5.74, 6) is 0.807. The van der Waals surface area contributed by atoms with Gasteiger partial charge in [0.2, 0.25) is 0 Å². The first-order chi connectivity index (χ1) is 8.02. The first kappa shape index (κ1) is 13.4. The molecule has 0 saturated heterocycles. The normalized spacial score (nSPS) is 10.2. The summed E-state index contributed by atoms with van der Waals surface area (Å²) in [7, 11) is 3.34. The van der Waals surface area contributed by atoms with Crippen LogP contribution in [0.3, 0.4) is 0 Å². The average Bonchev–Trinajstić information content (AvgIpc) is 2.29. The molecule has 0 unspecified atom stereocenters. The summed E-state index contributed by atoms with van der Waals surface area (Å²) < 4.78 is 10.2. The number of carbonyl (C=O) groups excluding carboxylic acids is 1. The minimum absolute atomic E-state index is 0.0965. The Labute approximate surface area is 102 Å². The number of hydrogen-bond acceptors (Lipinski definition) is 3. The zero-order valence-corrected chi connectivity index (χ0v) is 10.8. The van der Waals surface area contributed by atoms with Gasteiger partial charge in [0.25, 0.3) is 0 Å². The fourth-order valence-corrected chi connectivity index (χ4v) is 1.36. The SMILES string of the molecule is COc1ccc(CN(C)C(=O)OC(C)C)cc1. The summed E-state index contributed by atoms with van der Waals surface area (Å²) in [6, 6.07) is 7.60. The van der Waals surface area contributed by atoms with Gasteiger partial charge in [-0.1, -0.05) is 12.1 Å². The predicted octanol–water partition coefficient (Wildman–Crippen LogP) is 2.67. The fraction of sp³-hybridized carbons (Fsp3) is 0.462. The monoisotopic (exact) mass is 237 g/mol. The van der Waals surface area contributed by atoms with E-state index in [1.165, 1.54) is 0 Å². The second-order valence-electron chi connectivity index (χ2n) is 4.14. The fourth-order valence-electron chi connectivity index (χ4n) is 1.36. The largest absolute Gasteiger partial charge is 0.497 e. The van der Waals surface area contributed by atoms with E-state index in [1.54, 1.807) is 19.1 Å². The maximum absolute atomic E-state index is 11.6. The van der Waals surface area contributed by atoms with Crippen molar-refractivity contribution < 1.29 is 14.3 Å². The topological polar surface area (TPSA) is 38.8 Å². The minimum atomic E-state index is -0.309. The van der Waals surface area contributed by atoms with Crippen LogP contribution in [0.5, 0.6) is 5.75 Å². The molecule has 1 aromatic carbocycles. The molecule has 0 spiro atoms. The maximum atomic E-state index is 11.6. The van der Waals surface area contributed by atoms with E-state index in [0.29, 0.717) is 6.54 Å². The van der Waals surface area contributed by atoms with Crippen LogP contribution in [0.2, 0.25) is 0 Å². The molecule has 0 aliphatic carbocycles. The third-order valence-corrected chi connectivity index (χ3v) is 2.23. The van der Waals surface area contributed by atoms with Crippen LogP contribution >= 0.6 is 0 Å². The van der Waals surface area contributed by atoms with Crippen molar-refractivity contribution in [1.29, 1.82) is 0 Å². The van der Waals surface area contributed by atoms with Crippen LogP contribution in [-0.2, 0) is 11.3 Å². The Hall–Kier alpha value is -1.71. The Morgan fingerprint density at radius 3 is 2.35 bits per heavy atom. The molecule has 0 fully saturated rings. The number of nitrogens with zero attached hydrogens (tertiary/aromatic N) is 1. The molecule has 4 heteroatoms. The highest BCUT2D eigenvalue weighted by Gasteiger charge is 2.11.